The summed E-state index contributed by atoms with van der Waals surface area (Å²) in [6.07, 6.45) is 1.90. The molecule has 1 fully saturated rings. The Morgan fingerprint density at radius 1 is 1.00 bits per heavy atom. The molecule has 6 heteroatoms. The molecule has 0 spiro atoms. The van der Waals surface area contributed by atoms with Crippen molar-refractivity contribution in [2.45, 2.75) is 26.2 Å². The maximum absolute atomic E-state index is 12.6. The van der Waals surface area contributed by atoms with Gasteiger partial charge in [0.25, 0.3) is 5.91 Å². The Kier molecular flexibility index (Phi) is 7.53. The van der Waals surface area contributed by atoms with Crippen LogP contribution < -0.4 is 4.74 Å². The number of ether oxygens (including phenoxy) is 1. The highest BCUT2D eigenvalue weighted by atomic mass is 35.5. The van der Waals surface area contributed by atoms with E-state index in [9.17, 15) is 9.59 Å². The van der Waals surface area contributed by atoms with E-state index in [4.69, 9.17) is 16.3 Å². The lowest BCUT2D eigenvalue weighted by Crippen LogP contribution is -2.37. The van der Waals surface area contributed by atoms with Gasteiger partial charge in [0, 0.05) is 43.2 Å². The predicted octanol–water partition coefficient (Wildman–Crippen LogP) is 4.18. The molecule has 0 atom stereocenters. The predicted molar refractivity (Wildman–Crippen MR) is 114 cm³/mol. The van der Waals surface area contributed by atoms with E-state index in [-0.39, 0.29) is 11.8 Å². The van der Waals surface area contributed by atoms with Crippen molar-refractivity contribution >= 4 is 23.4 Å². The summed E-state index contributed by atoms with van der Waals surface area (Å²) in [5.74, 6) is 0.922. The monoisotopic (exact) mass is 414 g/mol. The Morgan fingerprint density at radius 3 is 2.48 bits per heavy atom. The minimum Gasteiger partial charge on any atom is -0.494 e. The van der Waals surface area contributed by atoms with Gasteiger partial charge in [0.15, 0.2) is 0 Å². The average Bonchev–Trinajstić information content (AvgIpc) is 3.00. The van der Waals surface area contributed by atoms with Crippen LogP contribution in [0.25, 0.3) is 0 Å². The van der Waals surface area contributed by atoms with Crippen molar-refractivity contribution < 1.29 is 14.3 Å². The molecule has 154 valence electrons. The van der Waals surface area contributed by atoms with E-state index in [2.05, 4.69) is 0 Å². The second kappa shape index (κ2) is 10.3. The minimum atomic E-state index is 0.0338. The highest BCUT2D eigenvalue weighted by Crippen LogP contribution is 2.21. The molecule has 1 heterocycles. The molecule has 0 unspecified atom stereocenters. The summed E-state index contributed by atoms with van der Waals surface area (Å²) < 4.78 is 5.72. The van der Waals surface area contributed by atoms with Crippen LogP contribution in [-0.2, 0) is 4.79 Å². The van der Waals surface area contributed by atoms with Crippen LogP contribution in [0.1, 0.15) is 35.2 Å². The van der Waals surface area contributed by atoms with Crippen molar-refractivity contribution in [2.75, 3.05) is 32.8 Å². The molecule has 2 aromatic rings. The van der Waals surface area contributed by atoms with Gasteiger partial charge in [0.2, 0.25) is 5.91 Å². The molecule has 0 N–H and O–H groups in total. The Labute approximate surface area is 177 Å². The summed E-state index contributed by atoms with van der Waals surface area (Å²) in [6, 6.07) is 14.9. The standard InChI is InChI=1S/C23H27ClN2O3/c1-18-17-20(10-11-21(18)24)29-16-5-9-22(27)25-12-6-13-26(15-14-25)23(28)19-7-3-2-4-8-19/h2-4,7-8,10-11,17H,5-6,9,12-16H2,1H3. The maximum atomic E-state index is 12.6. The van der Waals surface area contributed by atoms with E-state index >= 15 is 0 Å². The first-order valence-corrected chi connectivity index (χ1v) is 10.4. The molecular weight excluding hydrogens is 388 g/mol. The summed E-state index contributed by atoms with van der Waals surface area (Å²) in [6.45, 7) is 4.93. The second-order valence-corrected chi connectivity index (χ2v) is 7.66. The Balaban J connectivity index is 1.42. The van der Waals surface area contributed by atoms with Crippen LogP contribution in [-0.4, -0.2) is 54.4 Å². The number of rotatable bonds is 6. The Bertz CT molecular complexity index is 841. The fraction of sp³-hybridized carbons (Fsp3) is 0.391. The zero-order chi connectivity index (χ0) is 20.6. The maximum Gasteiger partial charge on any atom is 0.253 e. The number of carbonyl (C=O) groups excluding carboxylic acids is 2. The number of hydrogen-bond acceptors (Lipinski definition) is 3. The average molecular weight is 415 g/mol. The lowest BCUT2D eigenvalue weighted by Gasteiger charge is -2.22. The highest BCUT2D eigenvalue weighted by Gasteiger charge is 2.22. The number of carbonyl (C=O) groups is 2. The molecular formula is C23H27ClN2O3. The highest BCUT2D eigenvalue weighted by molar-refractivity contribution is 6.31. The van der Waals surface area contributed by atoms with Crippen LogP contribution in [0.4, 0.5) is 0 Å². The first kappa shape index (κ1) is 21.2. The molecule has 1 aliphatic rings. The van der Waals surface area contributed by atoms with E-state index < -0.39 is 0 Å². The van der Waals surface area contributed by atoms with Crippen molar-refractivity contribution in [1.82, 2.24) is 9.80 Å². The van der Waals surface area contributed by atoms with Crippen LogP contribution in [0.15, 0.2) is 48.5 Å². The van der Waals surface area contributed by atoms with Crippen LogP contribution in [0.2, 0.25) is 5.02 Å². The van der Waals surface area contributed by atoms with Gasteiger partial charge in [0.05, 0.1) is 6.61 Å². The first-order chi connectivity index (χ1) is 14.0. The van der Waals surface area contributed by atoms with Crippen LogP contribution in [0.3, 0.4) is 0 Å². The molecule has 0 saturated carbocycles. The third-order valence-electron chi connectivity index (χ3n) is 5.09. The zero-order valence-corrected chi connectivity index (χ0v) is 17.5. The summed E-state index contributed by atoms with van der Waals surface area (Å²) in [5, 5.41) is 0.716. The molecule has 0 aliphatic carbocycles. The lowest BCUT2D eigenvalue weighted by molar-refractivity contribution is -0.131. The van der Waals surface area contributed by atoms with Crippen LogP contribution in [0, 0.1) is 6.92 Å². The van der Waals surface area contributed by atoms with Gasteiger partial charge in [-0.25, -0.2) is 0 Å². The molecule has 3 rings (SSSR count). The van der Waals surface area contributed by atoms with Crippen molar-refractivity contribution in [3.8, 4) is 5.75 Å². The van der Waals surface area contributed by atoms with Crippen LogP contribution >= 0.6 is 11.6 Å². The SMILES string of the molecule is Cc1cc(OCCCC(=O)N2CCCN(C(=O)c3ccccc3)CC2)ccc1Cl. The van der Waals surface area contributed by atoms with Gasteiger partial charge in [-0.3, -0.25) is 9.59 Å². The van der Waals surface area contributed by atoms with Crippen molar-refractivity contribution in [3.63, 3.8) is 0 Å². The normalized spacial score (nSPS) is 14.4. The Morgan fingerprint density at radius 2 is 1.72 bits per heavy atom. The number of hydrogen-bond donors (Lipinski definition) is 0. The molecule has 2 aromatic carbocycles. The molecule has 5 nitrogen and oxygen atoms in total. The zero-order valence-electron chi connectivity index (χ0n) is 16.8. The molecule has 0 bridgehead atoms. The van der Waals surface area contributed by atoms with E-state index in [0.29, 0.717) is 56.2 Å². The van der Waals surface area contributed by atoms with Gasteiger partial charge in [-0.15, -0.1) is 0 Å². The number of nitrogens with zero attached hydrogens (tertiary/aromatic N) is 2. The fourth-order valence-electron chi connectivity index (χ4n) is 3.41. The number of amides is 2. The lowest BCUT2D eigenvalue weighted by atomic mass is 10.2. The summed E-state index contributed by atoms with van der Waals surface area (Å²) in [4.78, 5) is 28.9. The summed E-state index contributed by atoms with van der Waals surface area (Å²) in [5.41, 5.74) is 1.67. The molecule has 0 radical (unpaired) electrons. The van der Waals surface area contributed by atoms with Crippen molar-refractivity contribution in [2.24, 2.45) is 0 Å². The van der Waals surface area contributed by atoms with Gasteiger partial charge in [0.1, 0.15) is 5.75 Å². The van der Waals surface area contributed by atoms with Crippen molar-refractivity contribution in [3.05, 3.63) is 64.7 Å². The molecule has 1 saturated heterocycles. The van der Waals surface area contributed by atoms with E-state index in [1.807, 2.05) is 65.3 Å². The third-order valence-corrected chi connectivity index (χ3v) is 5.51. The number of halogens is 1. The first-order valence-electron chi connectivity index (χ1n) is 10.1. The smallest absolute Gasteiger partial charge is 0.253 e. The van der Waals surface area contributed by atoms with E-state index in [1.165, 1.54) is 0 Å². The largest absolute Gasteiger partial charge is 0.494 e. The van der Waals surface area contributed by atoms with Crippen LogP contribution in [0.5, 0.6) is 5.75 Å². The Hall–Kier alpha value is -2.53. The van der Waals surface area contributed by atoms with Gasteiger partial charge in [-0.05, 0) is 55.7 Å². The van der Waals surface area contributed by atoms with E-state index in [0.717, 1.165) is 17.7 Å². The number of benzene rings is 2. The quantitative estimate of drug-likeness (QED) is 0.666. The number of aryl methyl sites for hydroxylation is 1. The van der Waals surface area contributed by atoms with Gasteiger partial charge in [-0.2, -0.15) is 0 Å². The topological polar surface area (TPSA) is 49.9 Å². The van der Waals surface area contributed by atoms with Gasteiger partial charge in [-0.1, -0.05) is 29.8 Å². The van der Waals surface area contributed by atoms with Gasteiger partial charge >= 0.3 is 0 Å². The van der Waals surface area contributed by atoms with E-state index in [1.54, 1.807) is 0 Å². The van der Waals surface area contributed by atoms with Crippen molar-refractivity contribution in [1.29, 1.82) is 0 Å². The van der Waals surface area contributed by atoms with Gasteiger partial charge < -0.3 is 14.5 Å². The minimum absolute atomic E-state index is 0.0338. The molecule has 29 heavy (non-hydrogen) atoms. The molecule has 2 amide bonds. The summed E-state index contributed by atoms with van der Waals surface area (Å²) >= 11 is 6.02. The second-order valence-electron chi connectivity index (χ2n) is 7.26. The molecule has 1 aliphatic heterocycles. The molecule has 0 aromatic heterocycles. The fourth-order valence-corrected chi connectivity index (χ4v) is 3.53. The summed E-state index contributed by atoms with van der Waals surface area (Å²) in [7, 11) is 0. The third kappa shape index (κ3) is 5.97.